The van der Waals surface area contributed by atoms with Gasteiger partial charge in [0.05, 0.1) is 11.3 Å². The van der Waals surface area contributed by atoms with Crippen LogP contribution in [0, 0.1) is 11.7 Å². The summed E-state index contributed by atoms with van der Waals surface area (Å²) in [4.78, 5) is 14.7. The molecule has 2 N–H and O–H groups in total. The number of hydrogen-bond donors (Lipinski definition) is 2. The van der Waals surface area contributed by atoms with E-state index in [1.165, 1.54) is 38.1 Å². The summed E-state index contributed by atoms with van der Waals surface area (Å²) in [5.74, 6) is 0.243. The molecule has 1 saturated heterocycles. The van der Waals surface area contributed by atoms with E-state index < -0.39 is 15.8 Å². The van der Waals surface area contributed by atoms with Gasteiger partial charge in [0.2, 0.25) is 5.91 Å². The highest BCUT2D eigenvalue weighted by Crippen LogP contribution is 2.18. The van der Waals surface area contributed by atoms with Crippen molar-refractivity contribution in [2.45, 2.75) is 43.9 Å². The van der Waals surface area contributed by atoms with Gasteiger partial charge in [0.25, 0.3) is 10.0 Å². The molecular formula is C24H32FN3O3S. The number of rotatable bonds is 10. The molecule has 1 aliphatic rings. The van der Waals surface area contributed by atoms with Gasteiger partial charge in [-0.3, -0.25) is 9.52 Å². The van der Waals surface area contributed by atoms with Gasteiger partial charge in [0.1, 0.15) is 5.82 Å². The van der Waals surface area contributed by atoms with Gasteiger partial charge < -0.3 is 10.2 Å². The molecule has 0 bridgehead atoms. The lowest BCUT2D eigenvalue weighted by molar-refractivity contribution is -0.120. The maximum atomic E-state index is 13.0. The van der Waals surface area contributed by atoms with Gasteiger partial charge in [-0.25, -0.2) is 12.8 Å². The quantitative estimate of drug-likeness (QED) is 0.528. The van der Waals surface area contributed by atoms with Crippen LogP contribution >= 0.6 is 0 Å². The fourth-order valence-electron chi connectivity index (χ4n) is 3.94. The zero-order chi connectivity index (χ0) is 23.0. The molecule has 174 valence electrons. The third kappa shape index (κ3) is 7.60. The first-order valence-corrected chi connectivity index (χ1v) is 12.7. The molecule has 1 fully saturated rings. The topological polar surface area (TPSA) is 78.5 Å². The van der Waals surface area contributed by atoms with E-state index in [1.807, 2.05) is 0 Å². The minimum absolute atomic E-state index is 0.0165. The number of anilines is 1. The summed E-state index contributed by atoms with van der Waals surface area (Å²) in [5.41, 5.74) is 1.18. The van der Waals surface area contributed by atoms with E-state index in [1.54, 1.807) is 24.3 Å². The molecule has 1 amide bonds. The standard InChI is InChI=1S/C24H32FN3O3S/c1-19-5-4-16-28(18-19)15-3-2-14-26-24(29)17-20-6-10-22(11-7-20)27-32(30,31)23-12-8-21(25)9-13-23/h6-13,19,27H,2-5,14-18H2,1H3,(H,26,29). The van der Waals surface area contributed by atoms with Crippen LogP contribution < -0.4 is 10.0 Å². The smallest absolute Gasteiger partial charge is 0.261 e. The highest BCUT2D eigenvalue weighted by atomic mass is 32.2. The molecule has 1 heterocycles. The Bertz CT molecular complexity index is 979. The number of nitrogens with zero attached hydrogens (tertiary/aromatic N) is 1. The molecule has 8 heteroatoms. The minimum atomic E-state index is -3.79. The van der Waals surface area contributed by atoms with Crippen LogP contribution in [0.2, 0.25) is 0 Å². The maximum Gasteiger partial charge on any atom is 0.261 e. The van der Waals surface area contributed by atoms with Crippen LogP contribution in [0.25, 0.3) is 0 Å². The number of hydrogen-bond acceptors (Lipinski definition) is 4. The number of unbranched alkanes of at least 4 members (excludes halogenated alkanes) is 1. The van der Waals surface area contributed by atoms with Gasteiger partial charge in [-0.1, -0.05) is 19.1 Å². The summed E-state index contributed by atoms with van der Waals surface area (Å²) in [6, 6.07) is 11.3. The van der Waals surface area contributed by atoms with Crippen LogP contribution in [0.15, 0.2) is 53.4 Å². The number of amides is 1. The second-order valence-electron chi connectivity index (χ2n) is 8.54. The Morgan fingerprint density at radius 3 is 2.50 bits per heavy atom. The summed E-state index contributed by atoms with van der Waals surface area (Å²) in [5, 5.41) is 2.96. The summed E-state index contributed by atoms with van der Waals surface area (Å²) in [6.07, 6.45) is 4.89. The average molecular weight is 462 g/mol. The molecule has 0 spiro atoms. The Kier molecular flexibility index (Phi) is 8.64. The monoisotopic (exact) mass is 461 g/mol. The Morgan fingerprint density at radius 2 is 1.81 bits per heavy atom. The largest absolute Gasteiger partial charge is 0.356 e. The number of likely N-dealkylation sites (tertiary alicyclic amines) is 1. The Hall–Kier alpha value is -2.45. The fourth-order valence-corrected chi connectivity index (χ4v) is 5.00. The van der Waals surface area contributed by atoms with Gasteiger partial charge in [0.15, 0.2) is 0 Å². The predicted molar refractivity (Wildman–Crippen MR) is 124 cm³/mol. The molecule has 32 heavy (non-hydrogen) atoms. The SMILES string of the molecule is CC1CCCN(CCCCNC(=O)Cc2ccc(NS(=O)(=O)c3ccc(F)cc3)cc2)C1. The van der Waals surface area contributed by atoms with Crippen molar-refractivity contribution in [3.63, 3.8) is 0 Å². The molecule has 1 atom stereocenters. The Morgan fingerprint density at radius 1 is 1.09 bits per heavy atom. The maximum absolute atomic E-state index is 13.0. The van der Waals surface area contributed by atoms with E-state index >= 15 is 0 Å². The number of carbonyl (C=O) groups is 1. The number of sulfonamides is 1. The molecule has 0 aromatic heterocycles. The predicted octanol–water partition coefficient (Wildman–Crippen LogP) is 3.80. The van der Waals surface area contributed by atoms with Gasteiger partial charge in [-0.05, 0) is 86.7 Å². The van der Waals surface area contributed by atoms with Crippen LogP contribution in [0.4, 0.5) is 10.1 Å². The van der Waals surface area contributed by atoms with E-state index in [9.17, 15) is 17.6 Å². The lowest BCUT2D eigenvalue weighted by atomic mass is 10.0. The Labute approximate surface area is 190 Å². The second kappa shape index (κ2) is 11.4. The molecule has 3 rings (SSSR count). The van der Waals surface area contributed by atoms with Gasteiger partial charge in [-0.15, -0.1) is 0 Å². The lowest BCUT2D eigenvalue weighted by Gasteiger charge is -2.30. The molecule has 0 saturated carbocycles. The van der Waals surface area contributed by atoms with Crippen molar-refractivity contribution in [3.05, 3.63) is 59.9 Å². The van der Waals surface area contributed by atoms with Crippen molar-refractivity contribution in [1.29, 1.82) is 0 Å². The Balaban J connectivity index is 1.38. The fraction of sp³-hybridized carbons (Fsp3) is 0.458. The van der Waals surface area contributed by atoms with Crippen LogP contribution in [0.3, 0.4) is 0 Å². The molecule has 0 radical (unpaired) electrons. The van der Waals surface area contributed by atoms with Crippen molar-refractivity contribution >= 4 is 21.6 Å². The number of piperidine rings is 1. The number of nitrogens with one attached hydrogen (secondary N) is 2. The van der Waals surface area contributed by atoms with Crippen LogP contribution in [0.5, 0.6) is 0 Å². The van der Waals surface area contributed by atoms with Crippen molar-refractivity contribution < 1.29 is 17.6 Å². The van der Waals surface area contributed by atoms with E-state index in [4.69, 9.17) is 0 Å². The van der Waals surface area contributed by atoms with Crippen molar-refractivity contribution in [2.24, 2.45) is 5.92 Å². The minimum Gasteiger partial charge on any atom is -0.356 e. The molecule has 2 aromatic carbocycles. The van der Waals surface area contributed by atoms with Crippen LogP contribution in [-0.2, 0) is 21.2 Å². The molecule has 1 unspecified atom stereocenters. The van der Waals surface area contributed by atoms with Crippen molar-refractivity contribution in [3.8, 4) is 0 Å². The van der Waals surface area contributed by atoms with Crippen molar-refractivity contribution in [2.75, 3.05) is 30.9 Å². The number of benzene rings is 2. The van der Waals surface area contributed by atoms with E-state index in [2.05, 4.69) is 21.9 Å². The molecular weight excluding hydrogens is 429 g/mol. The zero-order valence-corrected chi connectivity index (χ0v) is 19.3. The average Bonchev–Trinajstić information content (AvgIpc) is 2.75. The molecule has 2 aromatic rings. The van der Waals surface area contributed by atoms with Crippen LogP contribution in [-0.4, -0.2) is 45.4 Å². The van der Waals surface area contributed by atoms with Crippen LogP contribution in [0.1, 0.15) is 38.2 Å². The van der Waals surface area contributed by atoms with Gasteiger partial charge >= 0.3 is 0 Å². The van der Waals surface area contributed by atoms with Gasteiger partial charge in [-0.2, -0.15) is 0 Å². The highest BCUT2D eigenvalue weighted by molar-refractivity contribution is 7.92. The third-order valence-electron chi connectivity index (χ3n) is 5.66. The first-order chi connectivity index (χ1) is 15.3. The molecule has 6 nitrogen and oxygen atoms in total. The number of halogens is 1. The van der Waals surface area contributed by atoms with E-state index in [0.29, 0.717) is 12.2 Å². The zero-order valence-electron chi connectivity index (χ0n) is 18.5. The number of carbonyl (C=O) groups excluding carboxylic acids is 1. The summed E-state index contributed by atoms with van der Waals surface area (Å²) >= 11 is 0. The summed E-state index contributed by atoms with van der Waals surface area (Å²) in [6.45, 7) is 6.43. The first kappa shape index (κ1) is 24.2. The van der Waals surface area contributed by atoms with E-state index in [-0.39, 0.29) is 17.2 Å². The van der Waals surface area contributed by atoms with Gasteiger partial charge in [0, 0.05) is 18.8 Å². The highest BCUT2D eigenvalue weighted by Gasteiger charge is 2.16. The molecule has 1 aliphatic heterocycles. The van der Waals surface area contributed by atoms with E-state index in [0.717, 1.165) is 43.0 Å². The normalized spacial score (nSPS) is 17.1. The van der Waals surface area contributed by atoms with Crippen molar-refractivity contribution in [1.82, 2.24) is 10.2 Å². The first-order valence-electron chi connectivity index (χ1n) is 11.2. The summed E-state index contributed by atoms with van der Waals surface area (Å²) < 4.78 is 40.2. The molecule has 0 aliphatic carbocycles. The lowest BCUT2D eigenvalue weighted by Crippen LogP contribution is -2.35. The second-order valence-corrected chi connectivity index (χ2v) is 10.2. The third-order valence-corrected chi connectivity index (χ3v) is 7.06. The summed E-state index contributed by atoms with van der Waals surface area (Å²) in [7, 11) is -3.79.